The van der Waals surface area contributed by atoms with Crippen molar-refractivity contribution in [3.8, 4) is 0 Å². The van der Waals surface area contributed by atoms with Crippen LogP contribution >= 0.6 is 0 Å². The molecule has 0 spiro atoms. The summed E-state index contributed by atoms with van der Waals surface area (Å²) in [4.78, 5) is 11.3. The van der Waals surface area contributed by atoms with Crippen LogP contribution in [0.25, 0.3) is 0 Å². The number of nitrogens with one attached hydrogen (secondary N) is 1. The minimum atomic E-state index is -0.787. The Balaban J connectivity index is 2.61. The minimum Gasteiger partial charge on any atom is -0.480 e. The fourth-order valence-corrected chi connectivity index (χ4v) is 2.39. The third kappa shape index (κ3) is 6.39. The average Bonchev–Trinajstić information content (AvgIpc) is 2.26. The summed E-state index contributed by atoms with van der Waals surface area (Å²) in [6, 6.07) is 9.40. The van der Waals surface area contributed by atoms with Gasteiger partial charge in [-0.15, -0.1) is 0 Å². The molecule has 1 rings (SSSR count). The number of carboxylic acids is 1. The third-order valence-electron chi connectivity index (χ3n) is 2.99. The maximum atomic E-state index is 11.3. The normalized spacial score (nSPS) is 14.9. The zero-order valence-corrected chi connectivity index (χ0v) is 12.3. The maximum Gasteiger partial charge on any atom is 0.321 e. The van der Waals surface area contributed by atoms with Crippen molar-refractivity contribution >= 4 is 5.97 Å². The molecule has 0 fully saturated rings. The molecule has 0 aromatic heterocycles. The maximum absolute atomic E-state index is 11.3. The first kappa shape index (κ1) is 15.7. The zero-order chi connectivity index (χ0) is 14.5. The van der Waals surface area contributed by atoms with Crippen LogP contribution in [0.1, 0.15) is 39.7 Å². The molecule has 2 atom stereocenters. The molecule has 1 aromatic rings. The monoisotopic (exact) mass is 263 g/mol. The van der Waals surface area contributed by atoms with Crippen molar-refractivity contribution in [2.45, 2.75) is 52.6 Å². The van der Waals surface area contributed by atoms with Gasteiger partial charge in [0.25, 0.3) is 0 Å². The van der Waals surface area contributed by atoms with Crippen molar-refractivity contribution in [2.75, 3.05) is 0 Å². The number of benzene rings is 1. The highest BCUT2D eigenvalue weighted by Gasteiger charge is 2.22. The Labute approximate surface area is 116 Å². The van der Waals surface area contributed by atoms with Crippen LogP contribution in [0, 0.1) is 5.41 Å². The van der Waals surface area contributed by atoms with Crippen LogP contribution in [0.15, 0.2) is 30.3 Å². The van der Waals surface area contributed by atoms with Gasteiger partial charge in [0, 0.05) is 6.04 Å². The highest BCUT2D eigenvalue weighted by Crippen LogP contribution is 2.21. The van der Waals surface area contributed by atoms with Crippen molar-refractivity contribution in [1.82, 2.24) is 5.32 Å². The molecular formula is C16H25NO2. The Hall–Kier alpha value is -1.35. The van der Waals surface area contributed by atoms with Gasteiger partial charge in [-0.25, -0.2) is 0 Å². The molecule has 19 heavy (non-hydrogen) atoms. The predicted molar refractivity (Wildman–Crippen MR) is 78.2 cm³/mol. The van der Waals surface area contributed by atoms with E-state index in [-0.39, 0.29) is 11.5 Å². The van der Waals surface area contributed by atoms with E-state index < -0.39 is 12.0 Å². The quantitative estimate of drug-likeness (QED) is 0.829. The lowest BCUT2D eigenvalue weighted by Gasteiger charge is -2.26. The molecule has 0 amide bonds. The van der Waals surface area contributed by atoms with Crippen LogP contribution in [-0.2, 0) is 11.2 Å². The van der Waals surface area contributed by atoms with Crippen molar-refractivity contribution in [3.05, 3.63) is 35.9 Å². The van der Waals surface area contributed by atoms with E-state index in [9.17, 15) is 9.90 Å². The summed E-state index contributed by atoms with van der Waals surface area (Å²) in [5, 5.41) is 12.5. The number of hydrogen-bond donors (Lipinski definition) is 2. The van der Waals surface area contributed by atoms with Crippen molar-refractivity contribution < 1.29 is 9.90 Å². The first-order chi connectivity index (χ1) is 8.78. The Bertz CT molecular complexity index is 395. The second kappa shape index (κ2) is 6.71. The van der Waals surface area contributed by atoms with E-state index in [2.05, 4.69) is 26.1 Å². The second-order valence-electron chi connectivity index (χ2n) is 6.41. The van der Waals surface area contributed by atoms with Crippen molar-refractivity contribution in [3.63, 3.8) is 0 Å². The molecule has 3 nitrogen and oxygen atoms in total. The van der Waals surface area contributed by atoms with Gasteiger partial charge < -0.3 is 10.4 Å². The topological polar surface area (TPSA) is 49.3 Å². The molecule has 1 aromatic carbocycles. The summed E-state index contributed by atoms with van der Waals surface area (Å²) in [6.45, 7) is 8.54. The predicted octanol–water partition coefficient (Wildman–Crippen LogP) is 3.10. The number of carboxylic acid groups (broad SMARTS) is 1. The average molecular weight is 263 g/mol. The molecule has 0 bridgehead atoms. The largest absolute Gasteiger partial charge is 0.480 e. The first-order valence-corrected chi connectivity index (χ1v) is 6.81. The molecule has 0 heterocycles. The summed E-state index contributed by atoms with van der Waals surface area (Å²) in [6.07, 6.45) is 1.47. The molecule has 3 heteroatoms. The molecule has 1 unspecified atom stereocenters. The van der Waals surface area contributed by atoms with E-state index in [1.165, 1.54) is 0 Å². The van der Waals surface area contributed by atoms with E-state index in [1.807, 2.05) is 37.3 Å². The molecule has 106 valence electrons. The zero-order valence-electron chi connectivity index (χ0n) is 12.3. The standard InChI is InChI=1S/C16H25NO2/c1-12(11-16(2,3)4)17-14(15(18)19)10-13-8-6-5-7-9-13/h5-9,12,14,17H,10-11H2,1-4H3,(H,18,19)/t12?,14-/m0/s1. The highest BCUT2D eigenvalue weighted by molar-refractivity contribution is 5.74. The van der Waals surface area contributed by atoms with E-state index in [1.54, 1.807) is 0 Å². The summed E-state index contributed by atoms with van der Waals surface area (Å²) in [7, 11) is 0. The second-order valence-corrected chi connectivity index (χ2v) is 6.41. The Morgan fingerprint density at radius 2 is 1.84 bits per heavy atom. The van der Waals surface area contributed by atoms with Gasteiger partial charge >= 0.3 is 5.97 Å². The summed E-state index contributed by atoms with van der Waals surface area (Å²) < 4.78 is 0. The highest BCUT2D eigenvalue weighted by atomic mass is 16.4. The lowest BCUT2D eigenvalue weighted by Crippen LogP contribution is -2.44. The molecule has 0 aliphatic rings. The Morgan fingerprint density at radius 3 is 2.32 bits per heavy atom. The lowest BCUT2D eigenvalue weighted by molar-refractivity contribution is -0.139. The fourth-order valence-electron chi connectivity index (χ4n) is 2.39. The summed E-state index contributed by atoms with van der Waals surface area (Å²) >= 11 is 0. The number of aliphatic carboxylic acids is 1. The summed E-state index contributed by atoms with van der Waals surface area (Å²) in [5.74, 6) is -0.787. The molecular weight excluding hydrogens is 238 g/mol. The van der Waals surface area contributed by atoms with Gasteiger partial charge in [0.1, 0.15) is 6.04 Å². The van der Waals surface area contributed by atoms with E-state index in [4.69, 9.17) is 0 Å². The first-order valence-electron chi connectivity index (χ1n) is 6.81. The van der Waals surface area contributed by atoms with Crippen molar-refractivity contribution in [1.29, 1.82) is 0 Å². The SMILES string of the molecule is CC(CC(C)(C)C)N[C@@H](Cc1ccccc1)C(=O)O. The smallest absolute Gasteiger partial charge is 0.321 e. The molecule has 0 radical (unpaired) electrons. The number of carbonyl (C=O) groups is 1. The van der Waals surface area contributed by atoms with Gasteiger partial charge in [-0.2, -0.15) is 0 Å². The van der Waals surface area contributed by atoms with Gasteiger partial charge in [-0.1, -0.05) is 51.1 Å². The van der Waals surface area contributed by atoms with Gasteiger partial charge in [0.2, 0.25) is 0 Å². The molecule has 0 aliphatic carbocycles. The van der Waals surface area contributed by atoms with E-state index >= 15 is 0 Å². The van der Waals surface area contributed by atoms with Gasteiger partial charge in [-0.3, -0.25) is 4.79 Å². The van der Waals surface area contributed by atoms with E-state index in [0.29, 0.717) is 6.42 Å². The van der Waals surface area contributed by atoms with Crippen LogP contribution in [0.3, 0.4) is 0 Å². The van der Waals surface area contributed by atoms with E-state index in [0.717, 1.165) is 12.0 Å². The number of hydrogen-bond acceptors (Lipinski definition) is 2. The molecule has 0 saturated carbocycles. The van der Waals surface area contributed by atoms with Crippen LogP contribution in [-0.4, -0.2) is 23.2 Å². The van der Waals surface area contributed by atoms with Crippen molar-refractivity contribution in [2.24, 2.45) is 5.41 Å². The van der Waals surface area contributed by atoms with Crippen LogP contribution in [0.4, 0.5) is 0 Å². The van der Waals surface area contributed by atoms with Crippen LogP contribution < -0.4 is 5.32 Å². The van der Waals surface area contributed by atoms with Gasteiger partial charge in [-0.05, 0) is 30.7 Å². The molecule has 0 saturated heterocycles. The van der Waals surface area contributed by atoms with Gasteiger partial charge in [0.15, 0.2) is 0 Å². The minimum absolute atomic E-state index is 0.185. The number of rotatable bonds is 6. The third-order valence-corrected chi connectivity index (χ3v) is 2.99. The Kier molecular flexibility index (Phi) is 5.55. The van der Waals surface area contributed by atoms with Crippen LogP contribution in [0.2, 0.25) is 0 Å². The molecule has 0 aliphatic heterocycles. The Morgan fingerprint density at radius 1 is 1.26 bits per heavy atom. The van der Waals surface area contributed by atoms with Gasteiger partial charge in [0.05, 0.1) is 0 Å². The van der Waals surface area contributed by atoms with Crippen LogP contribution in [0.5, 0.6) is 0 Å². The lowest BCUT2D eigenvalue weighted by atomic mass is 9.88. The fraction of sp³-hybridized carbons (Fsp3) is 0.562. The molecule has 2 N–H and O–H groups in total. The summed E-state index contributed by atoms with van der Waals surface area (Å²) in [5.41, 5.74) is 1.24.